The van der Waals surface area contributed by atoms with Crippen molar-refractivity contribution in [1.29, 1.82) is 0 Å². The summed E-state index contributed by atoms with van der Waals surface area (Å²) in [6.07, 6.45) is 5.10. The monoisotopic (exact) mass is 499 g/mol. The molecule has 7 nitrogen and oxygen atoms in total. The van der Waals surface area contributed by atoms with E-state index >= 15 is 0 Å². The maximum absolute atomic E-state index is 13.1. The van der Waals surface area contributed by atoms with Gasteiger partial charge in [-0.2, -0.15) is 4.31 Å². The van der Waals surface area contributed by atoms with Crippen LogP contribution in [0.15, 0.2) is 59.8 Å². The number of piperidine rings is 1. The van der Waals surface area contributed by atoms with Crippen LogP contribution < -0.4 is 4.90 Å². The average molecular weight is 500 g/mol. The Balaban J connectivity index is 1.31. The topological polar surface area (TPSA) is 69.6 Å². The summed E-state index contributed by atoms with van der Waals surface area (Å²) in [5.74, 6) is 1.01. The Morgan fingerprint density at radius 2 is 1.68 bits per heavy atom. The van der Waals surface area contributed by atoms with E-state index in [0.717, 1.165) is 36.1 Å². The first-order valence-electron chi connectivity index (χ1n) is 11.9. The Morgan fingerprint density at radius 1 is 0.941 bits per heavy atom. The lowest BCUT2D eigenvalue weighted by Gasteiger charge is -2.46. The van der Waals surface area contributed by atoms with E-state index in [4.69, 9.17) is 16.6 Å². The van der Waals surface area contributed by atoms with Gasteiger partial charge in [0.2, 0.25) is 10.0 Å². The highest BCUT2D eigenvalue weighted by Gasteiger charge is 2.36. The van der Waals surface area contributed by atoms with Crippen LogP contribution >= 0.6 is 11.6 Å². The second-order valence-electron chi connectivity index (χ2n) is 9.11. The zero-order valence-corrected chi connectivity index (χ0v) is 20.9. The molecule has 2 saturated heterocycles. The standard InChI is InChI=1S/C25H30ClN5O2S/c1-19(29-14-16-30(17-15-29)34(32,33)21-11-9-20(26)10-12-21)24-8-4-5-13-31(24)25-22-6-2-3-7-23(22)27-18-28-25/h2-3,6-7,9-12,18-19,24H,4-5,8,13-17H2,1H3. The number of para-hydroxylation sites is 1. The number of hydrogen-bond donors (Lipinski definition) is 0. The van der Waals surface area contributed by atoms with Crippen molar-refractivity contribution in [2.24, 2.45) is 0 Å². The zero-order valence-electron chi connectivity index (χ0n) is 19.3. The summed E-state index contributed by atoms with van der Waals surface area (Å²) >= 11 is 5.94. The number of halogens is 1. The van der Waals surface area contributed by atoms with Crippen LogP contribution in [0.2, 0.25) is 5.02 Å². The van der Waals surface area contributed by atoms with Crippen LogP contribution in [0.5, 0.6) is 0 Å². The zero-order chi connectivity index (χ0) is 23.7. The van der Waals surface area contributed by atoms with Crippen molar-refractivity contribution in [1.82, 2.24) is 19.2 Å². The molecule has 2 fully saturated rings. The highest BCUT2D eigenvalue weighted by atomic mass is 35.5. The van der Waals surface area contributed by atoms with Gasteiger partial charge in [0.25, 0.3) is 0 Å². The molecule has 9 heteroatoms. The highest BCUT2D eigenvalue weighted by Crippen LogP contribution is 2.32. The SMILES string of the molecule is CC(C1CCCCN1c1ncnc2ccccc12)N1CCN(S(=O)(=O)c2ccc(Cl)cc2)CC1. The van der Waals surface area contributed by atoms with Crippen LogP contribution in [-0.2, 0) is 10.0 Å². The number of rotatable bonds is 5. The van der Waals surface area contributed by atoms with Crippen molar-refractivity contribution in [3.05, 3.63) is 59.9 Å². The van der Waals surface area contributed by atoms with Gasteiger partial charge in [-0.1, -0.05) is 23.7 Å². The maximum Gasteiger partial charge on any atom is 0.243 e. The molecule has 2 atom stereocenters. The fourth-order valence-corrected chi connectivity index (χ4v) is 6.84. The van der Waals surface area contributed by atoms with Crippen molar-refractivity contribution in [3.63, 3.8) is 0 Å². The molecule has 5 rings (SSSR count). The molecule has 0 spiro atoms. The van der Waals surface area contributed by atoms with Crippen LogP contribution in [0.1, 0.15) is 26.2 Å². The van der Waals surface area contributed by atoms with Gasteiger partial charge in [0.15, 0.2) is 0 Å². The minimum atomic E-state index is -3.51. The molecule has 3 heterocycles. The molecule has 0 saturated carbocycles. The summed E-state index contributed by atoms with van der Waals surface area (Å²) in [5, 5.41) is 1.62. The van der Waals surface area contributed by atoms with Gasteiger partial charge in [0, 0.05) is 55.2 Å². The molecule has 2 aliphatic heterocycles. The quantitative estimate of drug-likeness (QED) is 0.527. The predicted octanol–water partition coefficient (Wildman–Crippen LogP) is 4.04. The minimum Gasteiger partial charge on any atom is -0.351 e. The number of benzene rings is 2. The average Bonchev–Trinajstić information content (AvgIpc) is 2.88. The van der Waals surface area contributed by atoms with Crippen molar-refractivity contribution < 1.29 is 8.42 Å². The number of aromatic nitrogens is 2. The molecule has 34 heavy (non-hydrogen) atoms. The second-order valence-corrected chi connectivity index (χ2v) is 11.5. The molecule has 180 valence electrons. The Bertz CT molecular complexity index is 1240. The molecule has 1 aromatic heterocycles. The lowest BCUT2D eigenvalue weighted by Crippen LogP contribution is -2.58. The van der Waals surface area contributed by atoms with Crippen LogP contribution in [0.25, 0.3) is 10.9 Å². The van der Waals surface area contributed by atoms with Crippen molar-refractivity contribution in [2.45, 2.75) is 43.2 Å². The Hall–Kier alpha value is -2.26. The van der Waals surface area contributed by atoms with E-state index in [-0.39, 0.29) is 6.04 Å². The van der Waals surface area contributed by atoms with E-state index in [0.29, 0.717) is 42.1 Å². The second kappa shape index (κ2) is 9.77. The van der Waals surface area contributed by atoms with Crippen LogP contribution in [-0.4, -0.2) is 72.4 Å². The van der Waals surface area contributed by atoms with E-state index in [1.807, 2.05) is 18.2 Å². The number of hydrogen-bond acceptors (Lipinski definition) is 6. The smallest absolute Gasteiger partial charge is 0.243 e. The van der Waals surface area contributed by atoms with Crippen molar-refractivity contribution in [2.75, 3.05) is 37.6 Å². The van der Waals surface area contributed by atoms with E-state index in [9.17, 15) is 8.42 Å². The summed E-state index contributed by atoms with van der Waals surface area (Å²) in [7, 11) is -3.51. The number of piperazine rings is 1. The fraction of sp³-hybridized carbons (Fsp3) is 0.440. The molecule has 2 aliphatic rings. The van der Waals surface area contributed by atoms with Gasteiger partial charge in [0.1, 0.15) is 12.1 Å². The summed E-state index contributed by atoms with van der Waals surface area (Å²) in [5.41, 5.74) is 0.963. The molecular formula is C25H30ClN5O2S. The molecule has 3 aromatic rings. The van der Waals surface area contributed by atoms with Gasteiger partial charge in [-0.25, -0.2) is 18.4 Å². The van der Waals surface area contributed by atoms with E-state index in [2.05, 4.69) is 27.8 Å². The third-order valence-corrected chi connectivity index (χ3v) is 9.37. The van der Waals surface area contributed by atoms with Gasteiger partial charge >= 0.3 is 0 Å². The van der Waals surface area contributed by atoms with Crippen molar-refractivity contribution >= 4 is 38.3 Å². The van der Waals surface area contributed by atoms with Crippen molar-refractivity contribution in [3.8, 4) is 0 Å². The van der Waals surface area contributed by atoms with Gasteiger partial charge in [-0.05, 0) is 62.6 Å². The molecule has 0 bridgehead atoms. The minimum absolute atomic E-state index is 0.286. The molecule has 2 unspecified atom stereocenters. The molecule has 0 aliphatic carbocycles. The van der Waals surface area contributed by atoms with E-state index < -0.39 is 10.0 Å². The number of anilines is 1. The predicted molar refractivity (Wildman–Crippen MR) is 136 cm³/mol. The third-order valence-electron chi connectivity index (χ3n) is 7.20. The Kier molecular flexibility index (Phi) is 6.75. The molecule has 0 amide bonds. The first-order valence-corrected chi connectivity index (χ1v) is 13.7. The van der Waals surface area contributed by atoms with E-state index in [1.54, 1.807) is 34.9 Å². The van der Waals surface area contributed by atoms with Crippen LogP contribution in [0.4, 0.5) is 5.82 Å². The number of sulfonamides is 1. The molecule has 2 aromatic carbocycles. The normalized spacial score (nSPS) is 21.6. The van der Waals surface area contributed by atoms with Gasteiger partial charge in [0.05, 0.1) is 10.4 Å². The Morgan fingerprint density at radius 3 is 2.44 bits per heavy atom. The number of fused-ring (bicyclic) bond motifs is 1. The Labute approximate surface area is 206 Å². The van der Waals surface area contributed by atoms with Gasteiger partial charge in [-0.3, -0.25) is 4.90 Å². The summed E-state index contributed by atoms with van der Waals surface area (Å²) in [6, 6.07) is 15.2. The van der Waals surface area contributed by atoms with Gasteiger partial charge in [-0.15, -0.1) is 0 Å². The molecule has 0 radical (unpaired) electrons. The van der Waals surface area contributed by atoms with Gasteiger partial charge < -0.3 is 4.90 Å². The fourth-order valence-electron chi connectivity index (χ4n) is 5.29. The van der Waals surface area contributed by atoms with E-state index in [1.165, 1.54) is 6.42 Å². The lowest BCUT2D eigenvalue weighted by molar-refractivity contribution is 0.120. The third kappa shape index (κ3) is 4.52. The number of nitrogens with zero attached hydrogens (tertiary/aromatic N) is 5. The van der Waals surface area contributed by atoms with Crippen LogP contribution in [0, 0.1) is 0 Å². The molecular weight excluding hydrogens is 470 g/mol. The first-order chi connectivity index (χ1) is 16.4. The molecule has 0 N–H and O–H groups in total. The summed E-state index contributed by atoms with van der Waals surface area (Å²) < 4.78 is 27.8. The lowest BCUT2D eigenvalue weighted by atomic mass is 9.94. The van der Waals surface area contributed by atoms with Crippen LogP contribution in [0.3, 0.4) is 0 Å². The largest absolute Gasteiger partial charge is 0.351 e. The highest BCUT2D eigenvalue weighted by molar-refractivity contribution is 7.89. The first kappa shape index (κ1) is 23.5. The summed E-state index contributed by atoms with van der Waals surface area (Å²) in [6.45, 7) is 5.64. The summed E-state index contributed by atoms with van der Waals surface area (Å²) in [4.78, 5) is 14.3. The maximum atomic E-state index is 13.1.